The van der Waals surface area contributed by atoms with Crippen LogP contribution in [0, 0.1) is 0 Å². The number of aromatic amines is 1. The van der Waals surface area contributed by atoms with E-state index in [1.54, 1.807) is 12.4 Å². The molecule has 0 saturated carbocycles. The first-order chi connectivity index (χ1) is 7.84. The van der Waals surface area contributed by atoms with Crippen molar-refractivity contribution in [3.63, 3.8) is 0 Å². The summed E-state index contributed by atoms with van der Waals surface area (Å²) < 4.78 is 0. The second kappa shape index (κ2) is 3.30. The fraction of sp³-hybridized carbons (Fsp3) is 0. The van der Waals surface area contributed by atoms with Crippen LogP contribution in [0.3, 0.4) is 0 Å². The Morgan fingerprint density at radius 3 is 2.75 bits per heavy atom. The van der Waals surface area contributed by atoms with Crippen LogP contribution in [-0.4, -0.2) is 20.2 Å². The van der Waals surface area contributed by atoms with Crippen LogP contribution in [0.4, 0.5) is 5.69 Å². The Labute approximate surface area is 91.3 Å². The van der Waals surface area contributed by atoms with Crippen molar-refractivity contribution in [3.8, 4) is 11.3 Å². The fourth-order valence-electron chi connectivity index (χ4n) is 1.67. The molecule has 3 N–H and O–H groups in total. The highest BCUT2D eigenvalue weighted by atomic mass is 15.1. The molecular formula is C11H9N5. The summed E-state index contributed by atoms with van der Waals surface area (Å²) in [6.45, 7) is 0. The van der Waals surface area contributed by atoms with Crippen molar-refractivity contribution in [2.45, 2.75) is 0 Å². The van der Waals surface area contributed by atoms with Gasteiger partial charge in [-0.2, -0.15) is 5.10 Å². The van der Waals surface area contributed by atoms with E-state index in [0.717, 1.165) is 22.2 Å². The molecule has 0 unspecified atom stereocenters. The molecule has 0 bridgehead atoms. The molecule has 1 aromatic carbocycles. The van der Waals surface area contributed by atoms with Gasteiger partial charge in [0.15, 0.2) is 0 Å². The molecule has 2 aromatic heterocycles. The average Bonchev–Trinajstić information content (AvgIpc) is 2.73. The molecule has 0 fully saturated rings. The molecule has 0 amide bonds. The lowest BCUT2D eigenvalue weighted by atomic mass is 10.1. The van der Waals surface area contributed by atoms with Gasteiger partial charge in [-0.15, -0.1) is 0 Å². The third-order valence-corrected chi connectivity index (χ3v) is 2.42. The van der Waals surface area contributed by atoms with Crippen molar-refractivity contribution < 1.29 is 0 Å². The minimum absolute atomic E-state index is 0.715. The van der Waals surface area contributed by atoms with E-state index in [1.807, 2.05) is 18.2 Å². The van der Waals surface area contributed by atoms with E-state index in [1.165, 1.54) is 6.33 Å². The zero-order chi connectivity index (χ0) is 11.0. The maximum Gasteiger partial charge on any atom is 0.115 e. The van der Waals surface area contributed by atoms with E-state index in [0.29, 0.717) is 5.69 Å². The van der Waals surface area contributed by atoms with E-state index in [9.17, 15) is 0 Å². The van der Waals surface area contributed by atoms with Crippen LogP contribution in [0.15, 0.2) is 36.9 Å². The van der Waals surface area contributed by atoms with Gasteiger partial charge >= 0.3 is 0 Å². The Bertz CT molecular complexity index is 629. The Morgan fingerprint density at radius 1 is 1.12 bits per heavy atom. The number of nitrogen functional groups attached to an aromatic ring is 1. The van der Waals surface area contributed by atoms with Gasteiger partial charge in [-0.3, -0.25) is 5.10 Å². The second-order valence-corrected chi connectivity index (χ2v) is 3.50. The van der Waals surface area contributed by atoms with Gasteiger partial charge in [0.2, 0.25) is 0 Å². The molecule has 3 aromatic rings. The Balaban J connectivity index is 2.29. The fourth-order valence-corrected chi connectivity index (χ4v) is 1.67. The highest BCUT2D eigenvalue weighted by molar-refractivity contribution is 5.94. The highest BCUT2D eigenvalue weighted by Gasteiger charge is 2.08. The lowest BCUT2D eigenvalue weighted by Crippen LogP contribution is -1.85. The number of rotatable bonds is 1. The summed E-state index contributed by atoms with van der Waals surface area (Å²) in [4.78, 5) is 7.95. The van der Waals surface area contributed by atoms with E-state index in [2.05, 4.69) is 20.2 Å². The normalized spacial score (nSPS) is 10.8. The third-order valence-electron chi connectivity index (χ3n) is 2.42. The van der Waals surface area contributed by atoms with Gasteiger partial charge in [0.1, 0.15) is 12.0 Å². The highest BCUT2D eigenvalue weighted by Crippen LogP contribution is 2.26. The molecule has 0 aliphatic rings. The molecule has 0 aliphatic carbocycles. The maximum absolute atomic E-state index is 5.76. The van der Waals surface area contributed by atoms with Crippen molar-refractivity contribution in [2.75, 3.05) is 5.73 Å². The SMILES string of the molecule is Nc1ccc2[nH]nc(-c3cncnc3)c2c1. The molecule has 3 rings (SSSR count). The van der Waals surface area contributed by atoms with Gasteiger partial charge in [0.05, 0.1) is 5.52 Å². The molecular weight excluding hydrogens is 202 g/mol. The molecule has 0 atom stereocenters. The summed E-state index contributed by atoms with van der Waals surface area (Å²) in [6, 6.07) is 5.64. The molecule has 16 heavy (non-hydrogen) atoms. The van der Waals surface area contributed by atoms with Crippen molar-refractivity contribution in [1.82, 2.24) is 20.2 Å². The third kappa shape index (κ3) is 1.30. The summed E-state index contributed by atoms with van der Waals surface area (Å²) >= 11 is 0. The quantitative estimate of drug-likeness (QED) is 0.599. The second-order valence-electron chi connectivity index (χ2n) is 3.50. The van der Waals surface area contributed by atoms with Crippen molar-refractivity contribution in [1.29, 1.82) is 0 Å². The molecule has 0 radical (unpaired) electrons. The summed E-state index contributed by atoms with van der Waals surface area (Å²) in [7, 11) is 0. The first-order valence-corrected chi connectivity index (χ1v) is 4.83. The number of hydrogen-bond donors (Lipinski definition) is 2. The average molecular weight is 211 g/mol. The molecule has 0 saturated heterocycles. The Hall–Kier alpha value is -2.43. The zero-order valence-corrected chi connectivity index (χ0v) is 8.38. The van der Waals surface area contributed by atoms with Gasteiger partial charge in [-0.25, -0.2) is 9.97 Å². The summed E-state index contributed by atoms with van der Waals surface area (Å²) in [6.07, 6.45) is 4.95. The number of hydrogen-bond acceptors (Lipinski definition) is 4. The van der Waals surface area contributed by atoms with Crippen LogP contribution in [0.25, 0.3) is 22.2 Å². The Morgan fingerprint density at radius 2 is 1.94 bits per heavy atom. The van der Waals surface area contributed by atoms with E-state index < -0.39 is 0 Å². The number of nitrogens with one attached hydrogen (secondary N) is 1. The minimum Gasteiger partial charge on any atom is -0.399 e. The number of nitrogens with two attached hydrogens (primary N) is 1. The summed E-state index contributed by atoms with van der Waals surface area (Å²) in [5.41, 5.74) is 9.12. The van der Waals surface area contributed by atoms with E-state index in [4.69, 9.17) is 5.73 Å². The topological polar surface area (TPSA) is 80.5 Å². The van der Waals surface area contributed by atoms with Crippen molar-refractivity contribution >= 4 is 16.6 Å². The lowest BCUT2D eigenvalue weighted by molar-refractivity contribution is 1.11. The van der Waals surface area contributed by atoms with E-state index in [-0.39, 0.29) is 0 Å². The number of H-pyrrole nitrogens is 1. The number of aromatic nitrogens is 4. The van der Waals surface area contributed by atoms with Crippen LogP contribution < -0.4 is 5.73 Å². The molecule has 2 heterocycles. The molecule has 5 heteroatoms. The van der Waals surface area contributed by atoms with Gasteiger partial charge in [-0.05, 0) is 18.2 Å². The van der Waals surface area contributed by atoms with Crippen LogP contribution in [0.1, 0.15) is 0 Å². The smallest absolute Gasteiger partial charge is 0.115 e. The predicted octanol–water partition coefficient (Wildman–Crippen LogP) is 1.60. The predicted molar refractivity (Wildman–Crippen MR) is 61.5 cm³/mol. The number of benzene rings is 1. The minimum atomic E-state index is 0.715. The van der Waals surface area contributed by atoms with Gasteiger partial charge in [0.25, 0.3) is 0 Å². The monoisotopic (exact) mass is 211 g/mol. The van der Waals surface area contributed by atoms with Crippen LogP contribution in [0.5, 0.6) is 0 Å². The zero-order valence-electron chi connectivity index (χ0n) is 8.38. The number of anilines is 1. The van der Waals surface area contributed by atoms with Gasteiger partial charge in [0, 0.05) is 29.0 Å². The lowest BCUT2D eigenvalue weighted by Gasteiger charge is -1.96. The maximum atomic E-state index is 5.76. The first-order valence-electron chi connectivity index (χ1n) is 4.83. The van der Waals surface area contributed by atoms with Crippen LogP contribution >= 0.6 is 0 Å². The van der Waals surface area contributed by atoms with Gasteiger partial charge in [-0.1, -0.05) is 0 Å². The van der Waals surface area contributed by atoms with Crippen molar-refractivity contribution in [2.24, 2.45) is 0 Å². The number of nitrogens with zero attached hydrogens (tertiary/aromatic N) is 3. The summed E-state index contributed by atoms with van der Waals surface area (Å²) in [5.74, 6) is 0. The van der Waals surface area contributed by atoms with Gasteiger partial charge < -0.3 is 5.73 Å². The van der Waals surface area contributed by atoms with E-state index >= 15 is 0 Å². The van der Waals surface area contributed by atoms with Crippen LogP contribution in [-0.2, 0) is 0 Å². The first kappa shape index (κ1) is 8.84. The molecule has 78 valence electrons. The molecule has 5 nitrogen and oxygen atoms in total. The largest absolute Gasteiger partial charge is 0.399 e. The number of fused-ring (bicyclic) bond motifs is 1. The molecule has 0 aliphatic heterocycles. The summed E-state index contributed by atoms with van der Waals surface area (Å²) in [5, 5.41) is 8.18. The molecule has 0 spiro atoms. The van der Waals surface area contributed by atoms with Crippen LogP contribution in [0.2, 0.25) is 0 Å². The standard InChI is InChI=1S/C11H9N5/c12-8-1-2-10-9(3-8)11(16-15-10)7-4-13-6-14-5-7/h1-6H,12H2,(H,15,16). The Kier molecular flexibility index (Phi) is 1.83. The van der Waals surface area contributed by atoms with Crippen molar-refractivity contribution in [3.05, 3.63) is 36.9 Å².